The first-order valence-corrected chi connectivity index (χ1v) is 6.92. The number of thiazole rings is 1. The molecule has 0 aliphatic carbocycles. The van der Waals surface area contributed by atoms with E-state index in [4.69, 9.17) is 10.6 Å². The maximum atomic E-state index is 11.0. The summed E-state index contributed by atoms with van der Waals surface area (Å²) in [6.07, 6.45) is 0. The first-order chi connectivity index (χ1) is 9.71. The second kappa shape index (κ2) is 6.98. The van der Waals surface area contributed by atoms with Crippen LogP contribution in [0.2, 0.25) is 0 Å². The summed E-state index contributed by atoms with van der Waals surface area (Å²) < 4.78 is 5.27. The van der Waals surface area contributed by atoms with Crippen LogP contribution in [0.3, 0.4) is 0 Å². The van der Waals surface area contributed by atoms with Crippen molar-refractivity contribution in [3.05, 3.63) is 32.6 Å². The Morgan fingerprint density at radius 3 is 2.90 bits per heavy atom. The Morgan fingerprint density at radius 2 is 2.25 bits per heavy atom. The quantitative estimate of drug-likeness (QED) is 0.438. The van der Waals surface area contributed by atoms with Crippen LogP contribution in [0.1, 0.15) is 18.4 Å². The number of nitrogen functional groups attached to an aromatic ring is 1. The molecule has 2 rings (SSSR count). The lowest BCUT2D eigenvalue weighted by Crippen LogP contribution is -2.13. The normalized spacial score (nSPS) is 10.5. The standard InChI is InChI=1S/C11H16N6O2S/c1-2-19-5-10-15-8(3-9(16-10)17-12)13-4-7-6-20-11(18)14-7/h3,6H,2,4-5,12H2,1H3,(H,14,18)(H2,13,15,16,17). The van der Waals surface area contributed by atoms with Crippen LogP contribution >= 0.6 is 11.3 Å². The lowest BCUT2D eigenvalue weighted by molar-refractivity contribution is 0.128. The molecule has 0 amide bonds. The molecule has 0 aliphatic heterocycles. The summed E-state index contributed by atoms with van der Waals surface area (Å²) in [4.78, 5) is 22.2. The van der Waals surface area contributed by atoms with E-state index in [-0.39, 0.29) is 4.87 Å². The summed E-state index contributed by atoms with van der Waals surface area (Å²) in [6.45, 7) is 3.27. The van der Waals surface area contributed by atoms with Crippen LogP contribution in [0.4, 0.5) is 11.6 Å². The first kappa shape index (κ1) is 14.4. The van der Waals surface area contributed by atoms with E-state index in [1.807, 2.05) is 6.92 Å². The van der Waals surface area contributed by atoms with Gasteiger partial charge in [-0.15, -0.1) is 0 Å². The molecule has 0 radical (unpaired) electrons. The molecule has 108 valence electrons. The van der Waals surface area contributed by atoms with E-state index in [2.05, 4.69) is 25.7 Å². The van der Waals surface area contributed by atoms with Crippen LogP contribution in [-0.4, -0.2) is 21.6 Å². The van der Waals surface area contributed by atoms with Crippen LogP contribution in [0.5, 0.6) is 0 Å². The van der Waals surface area contributed by atoms with E-state index in [0.29, 0.717) is 37.2 Å². The number of hydrogen-bond donors (Lipinski definition) is 4. The summed E-state index contributed by atoms with van der Waals surface area (Å²) in [5, 5.41) is 4.86. The molecule has 0 saturated heterocycles. The van der Waals surface area contributed by atoms with Crippen LogP contribution in [0.25, 0.3) is 0 Å². The maximum absolute atomic E-state index is 11.0. The number of hydrazine groups is 1. The maximum Gasteiger partial charge on any atom is 0.304 e. The van der Waals surface area contributed by atoms with Gasteiger partial charge in [0, 0.05) is 23.7 Å². The number of anilines is 2. The molecule has 9 heteroatoms. The molecule has 2 aromatic rings. The van der Waals surface area contributed by atoms with Gasteiger partial charge in [-0.2, -0.15) is 0 Å². The van der Waals surface area contributed by atoms with Gasteiger partial charge in [-0.05, 0) is 6.92 Å². The molecule has 0 unspecified atom stereocenters. The van der Waals surface area contributed by atoms with E-state index in [1.54, 1.807) is 11.4 Å². The number of ether oxygens (including phenoxy) is 1. The second-order valence-electron chi connectivity index (χ2n) is 3.86. The van der Waals surface area contributed by atoms with Crippen molar-refractivity contribution < 1.29 is 4.74 Å². The predicted molar refractivity (Wildman–Crippen MR) is 77.4 cm³/mol. The van der Waals surface area contributed by atoms with Crippen molar-refractivity contribution in [2.75, 3.05) is 17.3 Å². The van der Waals surface area contributed by atoms with E-state index < -0.39 is 0 Å². The smallest absolute Gasteiger partial charge is 0.304 e. The fourth-order valence-corrected chi connectivity index (χ4v) is 2.09. The number of nitrogens with zero attached hydrogens (tertiary/aromatic N) is 2. The van der Waals surface area contributed by atoms with Crippen molar-refractivity contribution in [3.8, 4) is 0 Å². The zero-order valence-corrected chi connectivity index (χ0v) is 11.8. The SMILES string of the molecule is CCOCc1nc(NN)cc(NCc2csc(=O)[nH]2)n1. The molecule has 0 fully saturated rings. The van der Waals surface area contributed by atoms with Crippen molar-refractivity contribution in [3.63, 3.8) is 0 Å². The van der Waals surface area contributed by atoms with Crippen LogP contribution in [-0.2, 0) is 17.9 Å². The molecule has 2 heterocycles. The van der Waals surface area contributed by atoms with Gasteiger partial charge < -0.3 is 20.5 Å². The van der Waals surface area contributed by atoms with Crippen molar-refractivity contribution in [1.29, 1.82) is 0 Å². The largest absolute Gasteiger partial charge is 0.374 e. The molecule has 0 spiro atoms. The zero-order valence-electron chi connectivity index (χ0n) is 11.0. The Hall–Kier alpha value is -1.97. The third-order valence-corrected chi connectivity index (χ3v) is 3.10. The number of aromatic amines is 1. The average molecular weight is 296 g/mol. The van der Waals surface area contributed by atoms with E-state index in [0.717, 1.165) is 17.0 Å². The van der Waals surface area contributed by atoms with Crippen LogP contribution in [0, 0.1) is 0 Å². The molecule has 20 heavy (non-hydrogen) atoms. The van der Waals surface area contributed by atoms with E-state index in [9.17, 15) is 4.79 Å². The molecule has 0 aromatic carbocycles. The second-order valence-corrected chi connectivity index (χ2v) is 4.71. The highest BCUT2D eigenvalue weighted by Gasteiger charge is 2.05. The number of nitrogens with one attached hydrogen (secondary N) is 3. The van der Waals surface area contributed by atoms with E-state index in [1.165, 1.54) is 0 Å². The van der Waals surface area contributed by atoms with Crippen molar-refractivity contribution in [1.82, 2.24) is 15.0 Å². The molecule has 8 nitrogen and oxygen atoms in total. The summed E-state index contributed by atoms with van der Waals surface area (Å²) in [6, 6.07) is 1.68. The van der Waals surface area contributed by atoms with Crippen LogP contribution in [0.15, 0.2) is 16.2 Å². The number of hydrogen-bond acceptors (Lipinski definition) is 8. The number of aromatic nitrogens is 3. The number of H-pyrrole nitrogens is 1. The highest BCUT2D eigenvalue weighted by Crippen LogP contribution is 2.12. The fourth-order valence-electron chi connectivity index (χ4n) is 1.51. The van der Waals surface area contributed by atoms with Gasteiger partial charge in [0.15, 0.2) is 5.82 Å². The van der Waals surface area contributed by atoms with Gasteiger partial charge >= 0.3 is 4.87 Å². The Bertz CT molecular complexity index is 611. The topological polar surface area (TPSA) is 118 Å². The minimum Gasteiger partial charge on any atom is -0.374 e. The Labute approximate surface area is 119 Å². The third kappa shape index (κ3) is 4.02. The highest BCUT2D eigenvalue weighted by atomic mass is 32.1. The third-order valence-electron chi connectivity index (χ3n) is 2.39. The fraction of sp³-hybridized carbons (Fsp3) is 0.364. The number of rotatable bonds is 7. The Balaban J connectivity index is 2.07. The van der Waals surface area contributed by atoms with Crippen molar-refractivity contribution in [2.24, 2.45) is 5.84 Å². The monoisotopic (exact) mass is 296 g/mol. The van der Waals surface area contributed by atoms with Gasteiger partial charge in [-0.1, -0.05) is 11.3 Å². The van der Waals surface area contributed by atoms with Gasteiger partial charge in [0.25, 0.3) is 0 Å². The van der Waals surface area contributed by atoms with Crippen LogP contribution < -0.4 is 21.5 Å². The minimum atomic E-state index is -0.0779. The van der Waals surface area contributed by atoms with Gasteiger partial charge in [-0.25, -0.2) is 15.8 Å². The average Bonchev–Trinajstić information content (AvgIpc) is 2.88. The molecule has 0 aliphatic rings. The molecular formula is C11H16N6O2S. The van der Waals surface area contributed by atoms with Crippen molar-refractivity contribution in [2.45, 2.75) is 20.1 Å². The summed E-state index contributed by atoms with van der Waals surface area (Å²) >= 11 is 1.13. The molecule has 0 atom stereocenters. The first-order valence-electron chi connectivity index (χ1n) is 6.04. The van der Waals surface area contributed by atoms with Gasteiger partial charge in [0.05, 0.1) is 6.54 Å². The summed E-state index contributed by atoms with van der Waals surface area (Å²) in [5.74, 6) is 7.01. The minimum absolute atomic E-state index is 0.0779. The summed E-state index contributed by atoms with van der Waals surface area (Å²) in [7, 11) is 0. The Kier molecular flexibility index (Phi) is 5.04. The zero-order chi connectivity index (χ0) is 14.4. The molecule has 2 aromatic heterocycles. The molecular weight excluding hydrogens is 280 g/mol. The molecule has 5 N–H and O–H groups in total. The van der Waals surface area contributed by atoms with Gasteiger partial charge in [-0.3, -0.25) is 4.79 Å². The van der Waals surface area contributed by atoms with Gasteiger partial charge in [0.1, 0.15) is 18.2 Å². The molecule has 0 bridgehead atoms. The highest BCUT2D eigenvalue weighted by molar-refractivity contribution is 7.07. The summed E-state index contributed by atoms with van der Waals surface area (Å²) in [5.41, 5.74) is 3.28. The molecule has 0 saturated carbocycles. The Morgan fingerprint density at radius 1 is 1.45 bits per heavy atom. The lowest BCUT2D eigenvalue weighted by atomic mass is 10.4. The van der Waals surface area contributed by atoms with E-state index >= 15 is 0 Å². The van der Waals surface area contributed by atoms with Gasteiger partial charge in [0.2, 0.25) is 0 Å². The number of nitrogens with two attached hydrogens (primary N) is 1. The predicted octanol–water partition coefficient (Wildman–Crippen LogP) is 0.661. The lowest BCUT2D eigenvalue weighted by Gasteiger charge is -2.09. The van der Waals surface area contributed by atoms with Crippen molar-refractivity contribution >= 4 is 23.0 Å².